The molecule has 1 aromatic carbocycles. The lowest BCUT2D eigenvalue weighted by Crippen LogP contribution is -2.17. The molecule has 70 valence electrons. The first-order chi connectivity index (χ1) is 6.81. The Labute approximate surface area is 84.4 Å². The SMILES string of the molecule is C#CCC1C=C(C)c2ccccc2O1. The highest BCUT2D eigenvalue weighted by Gasteiger charge is 2.16. The topological polar surface area (TPSA) is 9.23 Å². The molecule has 0 aliphatic carbocycles. The van der Waals surface area contributed by atoms with Crippen molar-refractivity contribution in [2.45, 2.75) is 19.4 Å². The molecular weight excluding hydrogens is 172 g/mol. The minimum atomic E-state index is 0.0369. The van der Waals surface area contributed by atoms with Crippen LogP contribution in [-0.4, -0.2) is 6.10 Å². The second-order valence-corrected chi connectivity index (χ2v) is 3.41. The number of benzene rings is 1. The van der Waals surface area contributed by atoms with Gasteiger partial charge in [-0.3, -0.25) is 0 Å². The van der Waals surface area contributed by atoms with Crippen LogP contribution in [0.1, 0.15) is 18.9 Å². The van der Waals surface area contributed by atoms with E-state index in [1.54, 1.807) is 0 Å². The Morgan fingerprint density at radius 1 is 1.43 bits per heavy atom. The van der Waals surface area contributed by atoms with E-state index in [2.05, 4.69) is 25.0 Å². The second kappa shape index (κ2) is 3.59. The quantitative estimate of drug-likeness (QED) is 0.610. The number of hydrogen-bond donors (Lipinski definition) is 0. The van der Waals surface area contributed by atoms with Crippen LogP contribution in [-0.2, 0) is 0 Å². The van der Waals surface area contributed by atoms with Crippen LogP contribution in [0.3, 0.4) is 0 Å². The van der Waals surface area contributed by atoms with Gasteiger partial charge in [0.05, 0.1) is 0 Å². The highest BCUT2D eigenvalue weighted by Crippen LogP contribution is 2.31. The van der Waals surface area contributed by atoms with Crippen LogP contribution in [0.25, 0.3) is 5.57 Å². The second-order valence-electron chi connectivity index (χ2n) is 3.41. The molecule has 14 heavy (non-hydrogen) atoms. The predicted octanol–water partition coefficient (Wildman–Crippen LogP) is 2.87. The van der Waals surface area contributed by atoms with Gasteiger partial charge in [0.25, 0.3) is 0 Å². The van der Waals surface area contributed by atoms with E-state index < -0.39 is 0 Å². The van der Waals surface area contributed by atoms with Crippen LogP contribution < -0.4 is 4.74 Å². The molecule has 1 heteroatoms. The molecule has 1 unspecified atom stereocenters. The van der Waals surface area contributed by atoms with Crippen molar-refractivity contribution in [2.75, 3.05) is 0 Å². The molecule has 0 radical (unpaired) electrons. The molecule has 1 aliphatic rings. The van der Waals surface area contributed by atoms with Gasteiger partial charge >= 0.3 is 0 Å². The Bertz CT molecular complexity index is 409. The van der Waals surface area contributed by atoms with E-state index in [0.29, 0.717) is 6.42 Å². The third kappa shape index (κ3) is 1.52. The van der Waals surface area contributed by atoms with Gasteiger partial charge in [0, 0.05) is 12.0 Å². The zero-order valence-corrected chi connectivity index (χ0v) is 8.16. The fourth-order valence-corrected chi connectivity index (χ4v) is 1.68. The number of fused-ring (bicyclic) bond motifs is 1. The van der Waals surface area contributed by atoms with Crippen molar-refractivity contribution in [1.82, 2.24) is 0 Å². The van der Waals surface area contributed by atoms with Crippen LogP contribution in [0, 0.1) is 12.3 Å². The summed E-state index contributed by atoms with van der Waals surface area (Å²) >= 11 is 0. The summed E-state index contributed by atoms with van der Waals surface area (Å²) in [6, 6.07) is 8.04. The van der Waals surface area contributed by atoms with Gasteiger partial charge in [-0.15, -0.1) is 12.3 Å². The number of allylic oxidation sites excluding steroid dienone is 1. The molecule has 1 atom stereocenters. The molecule has 0 saturated carbocycles. The maximum Gasteiger partial charge on any atom is 0.128 e. The standard InChI is InChI=1S/C13H12O/c1-3-6-11-9-10(2)12-7-4-5-8-13(12)14-11/h1,4-5,7-9,11H,6H2,2H3. The number of ether oxygens (including phenoxy) is 1. The van der Waals surface area contributed by atoms with Crippen molar-refractivity contribution in [1.29, 1.82) is 0 Å². The zero-order chi connectivity index (χ0) is 9.97. The highest BCUT2D eigenvalue weighted by molar-refractivity contribution is 5.71. The molecule has 0 bridgehead atoms. The van der Waals surface area contributed by atoms with E-state index in [-0.39, 0.29) is 6.10 Å². The lowest BCUT2D eigenvalue weighted by molar-refractivity contribution is 0.250. The van der Waals surface area contributed by atoms with Crippen LogP contribution in [0.4, 0.5) is 0 Å². The predicted molar refractivity (Wildman–Crippen MR) is 58.0 cm³/mol. The first-order valence-electron chi connectivity index (χ1n) is 4.69. The number of para-hydroxylation sites is 1. The Kier molecular flexibility index (Phi) is 2.28. The maximum atomic E-state index is 5.72. The normalized spacial score (nSPS) is 18.9. The number of terminal acetylenes is 1. The summed E-state index contributed by atoms with van der Waals surface area (Å²) in [6.45, 7) is 2.09. The van der Waals surface area contributed by atoms with Gasteiger partial charge in [-0.2, -0.15) is 0 Å². The van der Waals surface area contributed by atoms with Crippen molar-refractivity contribution < 1.29 is 4.74 Å². The van der Waals surface area contributed by atoms with Crippen LogP contribution in [0.5, 0.6) is 5.75 Å². The van der Waals surface area contributed by atoms with Gasteiger partial charge in [0.15, 0.2) is 0 Å². The van der Waals surface area contributed by atoms with Gasteiger partial charge in [0.2, 0.25) is 0 Å². The van der Waals surface area contributed by atoms with Gasteiger partial charge in [-0.1, -0.05) is 18.2 Å². The molecule has 2 rings (SSSR count). The molecule has 1 aromatic rings. The van der Waals surface area contributed by atoms with Gasteiger partial charge in [-0.25, -0.2) is 0 Å². The Balaban J connectivity index is 2.35. The maximum absolute atomic E-state index is 5.72. The first-order valence-corrected chi connectivity index (χ1v) is 4.69. The molecule has 0 fully saturated rings. The van der Waals surface area contributed by atoms with E-state index >= 15 is 0 Å². The molecule has 0 N–H and O–H groups in total. The van der Waals surface area contributed by atoms with Gasteiger partial charge in [0.1, 0.15) is 11.9 Å². The van der Waals surface area contributed by atoms with E-state index in [1.165, 1.54) is 11.1 Å². The van der Waals surface area contributed by atoms with Crippen LogP contribution in [0.15, 0.2) is 30.3 Å². The smallest absolute Gasteiger partial charge is 0.128 e. The Morgan fingerprint density at radius 2 is 2.21 bits per heavy atom. The van der Waals surface area contributed by atoms with Crippen molar-refractivity contribution in [3.05, 3.63) is 35.9 Å². The number of rotatable bonds is 1. The number of hydrogen-bond acceptors (Lipinski definition) is 1. The van der Waals surface area contributed by atoms with E-state index in [0.717, 1.165) is 5.75 Å². The van der Waals surface area contributed by atoms with E-state index in [1.807, 2.05) is 18.2 Å². The average molecular weight is 184 g/mol. The third-order valence-corrected chi connectivity index (χ3v) is 2.35. The lowest BCUT2D eigenvalue weighted by atomic mass is 10.0. The minimum absolute atomic E-state index is 0.0369. The Hall–Kier alpha value is -1.68. The molecule has 0 aromatic heterocycles. The van der Waals surface area contributed by atoms with Crippen molar-refractivity contribution in [3.63, 3.8) is 0 Å². The molecular formula is C13H12O. The molecule has 1 nitrogen and oxygen atoms in total. The zero-order valence-electron chi connectivity index (χ0n) is 8.16. The molecule has 0 spiro atoms. The molecule has 1 heterocycles. The first kappa shape index (κ1) is 8.90. The monoisotopic (exact) mass is 184 g/mol. The fourth-order valence-electron chi connectivity index (χ4n) is 1.68. The van der Waals surface area contributed by atoms with E-state index in [4.69, 9.17) is 11.2 Å². The summed E-state index contributed by atoms with van der Waals surface area (Å²) in [5.41, 5.74) is 2.41. The molecule has 0 amide bonds. The van der Waals surface area contributed by atoms with Crippen molar-refractivity contribution >= 4 is 5.57 Å². The molecule has 1 aliphatic heterocycles. The van der Waals surface area contributed by atoms with Crippen LogP contribution in [0.2, 0.25) is 0 Å². The minimum Gasteiger partial charge on any atom is -0.485 e. The van der Waals surface area contributed by atoms with Gasteiger partial charge in [-0.05, 0) is 24.6 Å². The Morgan fingerprint density at radius 3 is 3.00 bits per heavy atom. The largest absolute Gasteiger partial charge is 0.485 e. The van der Waals surface area contributed by atoms with Crippen molar-refractivity contribution in [3.8, 4) is 18.1 Å². The van der Waals surface area contributed by atoms with Crippen LogP contribution >= 0.6 is 0 Å². The third-order valence-electron chi connectivity index (χ3n) is 2.35. The summed E-state index contributed by atoms with van der Waals surface area (Å²) in [7, 11) is 0. The van der Waals surface area contributed by atoms with E-state index in [9.17, 15) is 0 Å². The average Bonchev–Trinajstić information content (AvgIpc) is 2.18. The van der Waals surface area contributed by atoms with Gasteiger partial charge < -0.3 is 4.74 Å². The highest BCUT2D eigenvalue weighted by atomic mass is 16.5. The summed E-state index contributed by atoms with van der Waals surface area (Å²) in [6.07, 6.45) is 8.02. The fraction of sp³-hybridized carbons (Fsp3) is 0.231. The summed E-state index contributed by atoms with van der Waals surface area (Å²) in [5, 5.41) is 0. The lowest BCUT2D eigenvalue weighted by Gasteiger charge is -2.22. The summed E-state index contributed by atoms with van der Waals surface area (Å²) in [5.74, 6) is 3.56. The summed E-state index contributed by atoms with van der Waals surface area (Å²) < 4.78 is 5.72. The summed E-state index contributed by atoms with van der Waals surface area (Å²) in [4.78, 5) is 0. The van der Waals surface area contributed by atoms with Crippen molar-refractivity contribution in [2.24, 2.45) is 0 Å². The molecule has 0 saturated heterocycles.